The van der Waals surface area contributed by atoms with Crippen molar-refractivity contribution in [2.24, 2.45) is 7.05 Å². The minimum atomic E-state index is 0.722. The Morgan fingerprint density at radius 1 is 1.19 bits per heavy atom. The lowest BCUT2D eigenvalue weighted by atomic mass is 10.1. The number of benzene rings is 2. The number of anilines is 1. The Hall–Kier alpha value is -2.12. The van der Waals surface area contributed by atoms with Gasteiger partial charge in [-0.3, -0.25) is 4.90 Å². The molecule has 1 aliphatic rings. The van der Waals surface area contributed by atoms with Gasteiger partial charge in [-0.25, -0.2) is 0 Å². The van der Waals surface area contributed by atoms with Gasteiger partial charge in [0.1, 0.15) is 0 Å². The number of ether oxygens (including phenoxy) is 1. The second-order valence-electron chi connectivity index (χ2n) is 8.41. The molecule has 5 nitrogen and oxygen atoms in total. The largest absolute Gasteiger partial charge is 0.379 e. The number of halogens is 1. The zero-order valence-electron chi connectivity index (χ0n) is 18.8. The van der Waals surface area contributed by atoms with Gasteiger partial charge >= 0.3 is 0 Å². The van der Waals surface area contributed by atoms with Crippen LogP contribution in [0.3, 0.4) is 0 Å². The number of thiocarbonyl (C=S) groups is 1. The quantitative estimate of drug-likeness (QED) is 0.488. The first kappa shape index (κ1) is 23.1. The van der Waals surface area contributed by atoms with E-state index >= 15 is 0 Å². The summed E-state index contributed by atoms with van der Waals surface area (Å²) in [6.45, 7) is 8.36. The third-order valence-corrected chi connectivity index (χ3v) is 6.82. The summed E-state index contributed by atoms with van der Waals surface area (Å²) >= 11 is 12.2. The van der Waals surface area contributed by atoms with E-state index in [0.717, 1.165) is 73.7 Å². The number of hydrogen-bond acceptors (Lipinski definition) is 3. The van der Waals surface area contributed by atoms with Crippen LogP contribution in [0, 0.1) is 6.92 Å². The fourth-order valence-corrected chi connectivity index (χ4v) is 4.65. The number of morpholine rings is 1. The number of rotatable bonds is 7. The highest BCUT2D eigenvalue weighted by Gasteiger charge is 2.16. The van der Waals surface area contributed by atoms with Gasteiger partial charge in [-0.1, -0.05) is 35.9 Å². The van der Waals surface area contributed by atoms with Crippen LogP contribution >= 0.6 is 23.8 Å². The SMILES string of the molecule is Cc1ccc(NC(=S)N(CCCN2CCOCC2)Cc2cn(C)c3ccccc23)cc1Cl. The van der Waals surface area contributed by atoms with Crippen LogP contribution in [0.25, 0.3) is 10.9 Å². The number of hydrogen-bond donors (Lipinski definition) is 1. The van der Waals surface area contributed by atoms with Crippen LogP contribution in [-0.2, 0) is 18.3 Å². The molecule has 1 saturated heterocycles. The summed E-state index contributed by atoms with van der Waals surface area (Å²) in [5.41, 5.74) is 4.49. The van der Waals surface area contributed by atoms with Gasteiger partial charge in [0.25, 0.3) is 0 Å². The van der Waals surface area contributed by atoms with Crippen molar-refractivity contribution in [3.05, 3.63) is 64.8 Å². The summed E-state index contributed by atoms with van der Waals surface area (Å²) in [5, 5.41) is 6.14. The molecule has 0 aliphatic carbocycles. The third kappa shape index (κ3) is 5.62. The Balaban J connectivity index is 1.49. The smallest absolute Gasteiger partial charge is 0.173 e. The fraction of sp³-hybridized carbons (Fsp3) is 0.400. The lowest BCUT2D eigenvalue weighted by molar-refractivity contribution is 0.0368. The number of aryl methyl sites for hydroxylation is 2. The molecule has 2 aromatic carbocycles. The molecule has 1 aliphatic heterocycles. The number of fused-ring (bicyclic) bond motifs is 1. The molecule has 170 valence electrons. The minimum Gasteiger partial charge on any atom is -0.379 e. The van der Waals surface area contributed by atoms with E-state index in [0.29, 0.717) is 0 Å². The fourth-order valence-electron chi connectivity index (χ4n) is 4.19. The molecule has 1 fully saturated rings. The Morgan fingerprint density at radius 3 is 2.75 bits per heavy atom. The number of aromatic nitrogens is 1. The average molecular weight is 471 g/mol. The van der Waals surface area contributed by atoms with E-state index in [4.69, 9.17) is 28.6 Å². The molecule has 32 heavy (non-hydrogen) atoms. The van der Waals surface area contributed by atoms with Crippen molar-refractivity contribution >= 4 is 45.5 Å². The lowest BCUT2D eigenvalue weighted by Crippen LogP contribution is -2.40. The topological polar surface area (TPSA) is 32.7 Å². The van der Waals surface area contributed by atoms with Gasteiger partial charge in [0.2, 0.25) is 0 Å². The maximum absolute atomic E-state index is 6.33. The monoisotopic (exact) mass is 470 g/mol. The van der Waals surface area contributed by atoms with E-state index in [1.165, 1.54) is 16.5 Å². The number of nitrogens with one attached hydrogen (secondary N) is 1. The van der Waals surface area contributed by atoms with Crippen molar-refractivity contribution in [3.8, 4) is 0 Å². The molecule has 0 atom stereocenters. The van der Waals surface area contributed by atoms with Crippen LogP contribution in [0.15, 0.2) is 48.7 Å². The molecular weight excluding hydrogens is 440 g/mol. The summed E-state index contributed by atoms with van der Waals surface area (Å²) in [7, 11) is 2.10. The van der Waals surface area contributed by atoms with Gasteiger partial charge in [0.15, 0.2) is 5.11 Å². The molecule has 0 saturated carbocycles. The molecule has 7 heteroatoms. The highest BCUT2D eigenvalue weighted by atomic mass is 35.5. The lowest BCUT2D eigenvalue weighted by Gasteiger charge is -2.29. The summed E-state index contributed by atoms with van der Waals surface area (Å²) < 4.78 is 7.66. The zero-order valence-corrected chi connectivity index (χ0v) is 20.4. The second kappa shape index (κ2) is 10.7. The summed E-state index contributed by atoms with van der Waals surface area (Å²) in [5.74, 6) is 0. The van der Waals surface area contributed by atoms with Gasteiger partial charge in [-0.15, -0.1) is 0 Å². The second-order valence-corrected chi connectivity index (χ2v) is 9.20. The van der Waals surface area contributed by atoms with E-state index in [2.05, 4.69) is 57.2 Å². The van der Waals surface area contributed by atoms with E-state index < -0.39 is 0 Å². The Labute approximate surface area is 200 Å². The van der Waals surface area contributed by atoms with Gasteiger partial charge < -0.3 is 19.5 Å². The summed E-state index contributed by atoms with van der Waals surface area (Å²) in [6.07, 6.45) is 3.26. The Bertz CT molecular complexity index is 1080. The molecule has 0 spiro atoms. The van der Waals surface area contributed by atoms with Crippen LogP contribution in [-0.4, -0.2) is 58.9 Å². The number of nitrogens with zero attached hydrogens (tertiary/aromatic N) is 3. The van der Waals surface area contributed by atoms with Gasteiger partial charge in [-0.2, -0.15) is 0 Å². The van der Waals surface area contributed by atoms with E-state index in [1.807, 2.05) is 25.1 Å². The average Bonchev–Trinajstić information content (AvgIpc) is 3.12. The number of para-hydroxylation sites is 1. The predicted octanol–water partition coefficient (Wildman–Crippen LogP) is 5.06. The first-order valence-corrected chi connectivity index (χ1v) is 11.9. The van der Waals surface area contributed by atoms with E-state index in [9.17, 15) is 0 Å². The van der Waals surface area contributed by atoms with Crippen LogP contribution in [0.1, 0.15) is 17.5 Å². The molecule has 2 heterocycles. The summed E-state index contributed by atoms with van der Waals surface area (Å²) in [4.78, 5) is 4.74. The van der Waals surface area contributed by atoms with Crippen molar-refractivity contribution < 1.29 is 4.74 Å². The molecule has 0 radical (unpaired) electrons. The van der Waals surface area contributed by atoms with Gasteiger partial charge in [0.05, 0.1) is 13.2 Å². The van der Waals surface area contributed by atoms with Crippen LogP contribution in [0.4, 0.5) is 5.69 Å². The van der Waals surface area contributed by atoms with Crippen molar-refractivity contribution in [2.75, 3.05) is 44.7 Å². The van der Waals surface area contributed by atoms with E-state index in [-0.39, 0.29) is 0 Å². The van der Waals surface area contributed by atoms with Crippen LogP contribution < -0.4 is 5.32 Å². The first-order chi connectivity index (χ1) is 15.5. The molecule has 4 rings (SSSR count). The zero-order chi connectivity index (χ0) is 22.5. The molecule has 0 amide bonds. The van der Waals surface area contributed by atoms with Crippen molar-refractivity contribution in [2.45, 2.75) is 19.9 Å². The maximum Gasteiger partial charge on any atom is 0.173 e. The van der Waals surface area contributed by atoms with Crippen molar-refractivity contribution in [3.63, 3.8) is 0 Å². The molecule has 3 aromatic rings. The predicted molar refractivity (Wildman–Crippen MR) is 138 cm³/mol. The highest BCUT2D eigenvalue weighted by molar-refractivity contribution is 7.80. The van der Waals surface area contributed by atoms with E-state index in [1.54, 1.807) is 0 Å². The molecule has 1 N–H and O–H groups in total. The Morgan fingerprint density at radius 2 is 1.97 bits per heavy atom. The maximum atomic E-state index is 6.33. The molecule has 0 bridgehead atoms. The molecular formula is C25H31ClN4OS. The molecule has 0 unspecified atom stereocenters. The summed E-state index contributed by atoms with van der Waals surface area (Å²) in [6, 6.07) is 14.5. The van der Waals surface area contributed by atoms with Crippen LogP contribution in [0.5, 0.6) is 0 Å². The van der Waals surface area contributed by atoms with Gasteiger partial charge in [0, 0.05) is 67.6 Å². The standard InChI is InChI=1S/C25H31ClN4OS/c1-19-8-9-21(16-23(19)26)27-25(32)30(11-5-10-29-12-14-31-15-13-29)18-20-17-28(2)24-7-4-3-6-22(20)24/h3-4,6-9,16-17H,5,10-15,18H2,1-2H3,(H,27,32). The van der Waals surface area contributed by atoms with Gasteiger partial charge in [-0.05, 0) is 54.9 Å². The van der Waals surface area contributed by atoms with Crippen molar-refractivity contribution in [1.29, 1.82) is 0 Å². The Kier molecular flexibility index (Phi) is 7.68. The van der Waals surface area contributed by atoms with Crippen molar-refractivity contribution in [1.82, 2.24) is 14.4 Å². The third-order valence-electron chi connectivity index (χ3n) is 6.06. The first-order valence-electron chi connectivity index (χ1n) is 11.2. The normalized spacial score (nSPS) is 14.6. The highest BCUT2D eigenvalue weighted by Crippen LogP contribution is 2.24. The van der Waals surface area contributed by atoms with Crippen LogP contribution in [0.2, 0.25) is 5.02 Å². The molecule has 1 aromatic heterocycles. The minimum absolute atomic E-state index is 0.722.